The number of anilines is 2. The third-order valence-electron chi connectivity index (χ3n) is 7.17. The molecule has 0 saturated heterocycles. The zero-order valence-corrected chi connectivity index (χ0v) is 28.1. The Bertz CT molecular complexity index is 1710. The molecule has 252 valence electrons. The Morgan fingerprint density at radius 3 is 2.30 bits per heavy atom. The van der Waals surface area contributed by atoms with Crippen molar-refractivity contribution < 1.29 is 37.4 Å². The summed E-state index contributed by atoms with van der Waals surface area (Å²) < 4.78 is 29.0. The predicted octanol–water partition coefficient (Wildman–Crippen LogP) is 4.88. The first-order valence-corrected chi connectivity index (χ1v) is 16.3. The van der Waals surface area contributed by atoms with E-state index < -0.39 is 40.3 Å². The van der Waals surface area contributed by atoms with E-state index in [2.05, 4.69) is 10.6 Å². The number of ether oxygens (including phenoxy) is 1. The van der Waals surface area contributed by atoms with Crippen molar-refractivity contribution in [2.24, 2.45) is 5.73 Å². The highest BCUT2D eigenvalue weighted by molar-refractivity contribution is 7.72. The van der Waals surface area contributed by atoms with Crippen LogP contribution in [0.4, 0.5) is 16.2 Å². The average molecular weight is 667 g/mol. The maximum Gasteiger partial charge on any atom is 0.410 e. The van der Waals surface area contributed by atoms with Crippen LogP contribution in [0, 0.1) is 0 Å². The van der Waals surface area contributed by atoms with Crippen LogP contribution in [0.5, 0.6) is 0 Å². The van der Waals surface area contributed by atoms with Crippen LogP contribution < -0.4 is 16.4 Å². The summed E-state index contributed by atoms with van der Waals surface area (Å²) >= 11 is 0. The van der Waals surface area contributed by atoms with Crippen molar-refractivity contribution in [1.82, 2.24) is 4.90 Å². The molecule has 0 radical (unpaired) electrons. The largest absolute Gasteiger partial charge is 0.479 e. The van der Waals surface area contributed by atoms with Gasteiger partial charge in [-0.3, -0.25) is 9.59 Å². The summed E-state index contributed by atoms with van der Waals surface area (Å²) in [6, 6.07) is 15.1. The van der Waals surface area contributed by atoms with E-state index in [-0.39, 0.29) is 29.3 Å². The minimum Gasteiger partial charge on any atom is -0.479 e. The lowest BCUT2D eigenvalue weighted by Crippen LogP contribution is -2.34. The highest BCUT2D eigenvalue weighted by Crippen LogP contribution is 2.25. The topological polar surface area (TPSA) is 185 Å². The molecule has 3 aromatic carbocycles. The van der Waals surface area contributed by atoms with Gasteiger partial charge >= 0.3 is 12.1 Å². The summed E-state index contributed by atoms with van der Waals surface area (Å²) in [6.45, 7) is 7.13. The van der Waals surface area contributed by atoms with E-state index in [1.807, 2.05) is 19.1 Å². The number of nitrogens with two attached hydrogens (primary N) is 1. The molecule has 3 rings (SSSR count). The first-order valence-electron chi connectivity index (χ1n) is 15.1. The van der Waals surface area contributed by atoms with E-state index in [0.717, 1.165) is 11.1 Å². The lowest BCUT2D eigenvalue weighted by atomic mass is 9.95. The van der Waals surface area contributed by atoms with Crippen molar-refractivity contribution in [3.05, 3.63) is 88.5 Å². The zero-order valence-electron chi connectivity index (χ0n) is 27.2. The number of nitrogens with one attached hydrogen (secondary N) is 2. The molecule has 12 nitrogen and oxygen atoms in total. The van der Waals surface area contributed by atoms with E-state index in [0.29, 0.717) is 41.8 Å². The number of hydrogen-bond acceptors (Lipinski definition) is 8. The van der Waals surface area contributed by atoms with Crippen LogP contribution in [0.2, 0.25) is 0 Å². The quantitative estimate of drug-likeness (QED) is 0.150. The zero-order chi connectivity index (χ0) is 34.9. The molecule has 47 heavy (non-hydrogen) atoms. The van der Waals surface area contributed by atoms with Gasteiger partial charge in [0, 0.05) is 30.4 Å². The van der Waals surface area contributed by atoms with Crippen molar-refractivity contribution >= 4 is 46.0 Å². The Morgan fingerprint density at radius 1 is 0.957 bits per heavy atom. The van der Waals surface area contributed by atoms with E-state index in [1.165, 1.54) is 36.2 Å². The van der Waals surface area contributed by atoms with Crippen LogP contribution in [0.3, 0.4) is 0 Å². The molecule has 5 N–H and O–H groups in total. The number of hydrogen-bond donors (Lipinski definition) is 5. The monoisotopic (exact) mass is 666 g/mol. The van der Waals surface area contributed by atoms with Crippen LogP contribution in [0.15, 0.2) is 65.6 Å². The molecular weight excluding hydrogens is 624 g/mol. The fourth-order valence-corrected chi connectivity index (χ4v) is 5.47. The SMILES string of the molecule is CCc1cc(C(Nc2cccc(C(N)=O)c2)C(=O)O)ccc1CCCC(=O)Nc1ccc([SH](=O)=O)c(CN(C)C(=O)OC(C)(C)C)c1. The van der Waals surface area contributed by atoms with Crippen LogP contribution >= 0.6 is 0 Å². The lowest BCUT2D eigenvalue weighted by Gasteiger charge is -2.25. The van der Waals surface area contributed by atoms with E-state index in [1.54, 1.807) is 45.0 Å². The number of carboxylic acids is 1. The number of thiol groups is 1. The van der Waals surface area contributed by atoms with Gasteiger partial charge in [-0.15, -0.1) is 0 Å². The Kier molecular flexibility index (Phi) is 12.5. The molecule has 0 spiro atoms. The number of carbonyl (C=O) groups excluding carboxylic acids is 3. The summed E-state index contributed by atoms with van der Waals surface area (Å²) in [7, 11) is -1.44. The van der Waals surface area contributed by atoms with E-state index in [4.69, 9.17) is 10.5 Å². The van der Waals surface area contributed by atoms with Crippen molar-refractivity contribution in [3.63, 3.8) is 0 Å². The maximum atomic E-state index is 12.8. The number of nitrogens with zero attached hydrogens (tertiary/aromatic N) is 1. The Balaban J connectivity index is 1.66. The number of carboxylic acid groups (broad SMARTS) is 1. The maximum absolute atomic E-state index is 12.8. The summed E-state index contributed by atoms with van der Waals surface area (Å²) in [5, 5.41) is 15.7. The summed E-state index contributed by atoms with van der Waals surface area (Å²) in [6.07, 6.45) is 1.31. The molecular formula is C34H42N4O8S. The molecule has 0 aromatic heterocycles. The number of aryl methyl sites for hydroxylation is 2. The minimum absolute atomic E-state index is 0.0366. The van der Waals surface area contributed by atoms with Gasteiger partial charge in [0.15, 0.2) is 16.7 Å². The minimum atomic E-state index is -2.94. The van der Waals surface area contributed by atoms with Crippen LogP contribution in [0.1, 0.15) is 79.2 Å². The second kappa shape index (κ2) is 16.1. The first kappa shape index (κ1) is 36.6. The van der Waals surface area contributed by atoms with Crippen molar-refractivity contribution in [3.8, 4) is 0 Å². The van der Waals surface area contributed by atoms with Crippen LogP contribution in [-0.4, -0.2) is 54.9 Å². The van der Waals surface area contributed by atoms with Gasteiger partial charge < -0.3 is 31.1 Å². The summed E-state index contributed by atoms with van der Waals surface area (Å²) in [5.74, 6) is -1.97. The molecule has 0 aliphatic carbocycles. The molecule has 0 aliphatic rings. The molecule has 3 amide bonds. The first-order chi connectivity index (χ1) is 22.1. The Hall–Kier alpha value is -4.91. The van der Waals surface area contributed by atoms with Gasteiger partial charge in [-0.1, -0.05) is 31.2 Å². The fourth-order valence-electron chi connectivity index (χ4n) is 4.91. The smallest absolute Gasteiger partial charge is 0.410 e. The standard InChI is InChI=1S/C34H42N4O8S/c1-6-21-17-23(30(32(41)42)37-26-11-7-10-24(18-26)31(35)40)14-13-22(21)9-8-12-29(39)36-27-15-16-28(47(44)45)25(19-27)20-38(5)33(43)46-34(2,3)4/h7,10-11,13-19,30,37,47H,6,8-9,12,20H2,1-5H3,(H2,35,40)(H,36,39)(H,41,42). The number of amides is 3. The van der Waals surface area contributed by atoms with Gasteiger partial charge in [-0.05, 0) is 98.7 Å². The van der Waals surface area contributed by atoms with E-state index >= 15 is 0 Å². The highest BCUT2D eigenvalue weighted by atomic mass is 32.2. The van der Waals surface area contributed by atoms with Gasteiger partial charge in [0.05, 0.1) is 11.4 Å². The Morgan fingerprint density at radius 2 is 1.68 bits per heavy atom. The van der Waals surface area contributed by atoms with Crippen molar-refractivity contribution in [1.29, 1.82) is 0 Å². The number of carbonyl (C=O) groups is 4. The third kappa shape index (κ3) is 10.8. The second-order valence-electron chi connectivity index (χ2n) is 12.1. The fraction of sp³-hybridized carbons (Fsp3) is 0.353. The lowest BCUT2D eigenvalue weighted by molar-refractivity contribution is -0.138. The van der Waals surface area contributed by atoms with Gasteiger partial charge in [0.25, 0.3) is 0 Å². The highest BCUT2D eigenvalue weighted by Gasteiger charge is 2.22. The van der Waals surface area contributed by atoms with Gasteiger partial charge in [-0.2, -0.15) is 0 Å². The van der Waals surface area contributed by atoms with Crippen LogP contribution in [-0.2, 0) is 44.4 Å². The Labute approximate surface area is 276 Å². The molecule has 0 fully saturated rings. The molecule has 1 atom stereocenters. The predicted molar refractivity (Wildman–Crippen MR) is 179 cm³/mol. The van der Waals surface area contributed by atoms with Crippen LogP contribution in [0.25, 0.3) is 0 Å². The molecule has 0 aliphatic heterocycles. The molecule has 13 heteroatoms. The molecule has 3 aromatic rings. The number of rotatable bonds is 14. The second-order valence-corrected chi connectivity index (χ2v) is 13.1. The number of aliphatic carboxylic acids is 1. The van der Waals surface area contributed by atoms with Gasteiger partial charge in [0.1, 0.15) is 5.60 Å². The molecule has 1 unspecified atom stereocenters. The van der Waals surface area contributed by atoms with Crippen molar-refractivity contribution in [2.75, 3.05) is 17.7 Å². The van der Waals surface area contributed by atoms with Gasteiger partial charge in [-0.25, -0.2) is 18.0 Å². The molecule has 0 saturated carbocycles. The third-order valence-corrected chi connectivity index (χ3v) is 8.00. The normalized spacial score (nSPS) is 11.9. The molecule has 0 bridgehead atoms. The summed E-state index contributed by atoms with van der Waals surface area (Å²) in [5.41, 5.74) is 8.56. The van der Waals surface area contributed by atoms with Gasteiger partial charge in [0.2, 0.25) is 11.8 Å². The van der Waals surface area contributed by atoms with Crippen molar-refractivity contribution in [2.45, 2.75) is 76.5 Å². The number of benzene rings is 3. The molecule has 0 heterocycles. The number of primary amides is 1. The average Bonchev–Trinajstić information content (AvgIpc) is 2.99. The van der Waals surface area contributed by atoms with E-state index in [9.17, 15) is 32.7 Å². The summed E-state index contributed by atoms with van der Waals surface area (Å²) in [4.78, 5) is 50.2.